The van der Waals surface area contributed by atoms with Crippen LogP contribution in [0.25, 0.3) is 0 Å². The van der Waals surface area contributed by atoms with Crippen molar-refractivity contribution in [2.45, 2.75) is 62.5 Å². The Kier molecular flexibility index (Phi) is 21.6. The molecule has 0 amide bonds. The summed E-state index contributed by atoms with van der Waals surface area (Å²) in [5.74, 6) is -23.7. The van der Waals surface area contributed by atoms with Gasteiger partial charge in [-0.15, -0.1) is 53.5 Å². The van der Waals surface area contributed by atoms with Gasteiger partial charge in [-0.25, -0.2) is 0 Å². The molecule has 0 aliphatic heterocycles. The van der Waals surface area contributed by atoms with Crippen LogP contribution < -0.4 is 0 Å². The minimum Gasteiger partial charge on any atom is -0.133 e. The highest BCUT2D eigenvalue weighted by molar-refractivity contribution is 7.35. The van der Waals surface area contributed by atoms with Crippen molar-refractivity contribution in [3.05, 3.63) is 0 Å². The summed E-state index contributed by atoms with van der Waals surface area (Å²) >= 11 is 0. The van der Waals surface area contributed by atoms with Crippen LogP contribution in [-0.2, 0) is 90.9 Å². The SMILES string of the molecule is CCCC(C)C(C)(O[P+](=O)O)C(O[P+](=O)O)(O[P+](=O)O)C(O[P+](=O)O)(O[P+](=O)O)C(O[P+](=O)O)(O[P+](=O)O)C(O[P+](=O)O)(O[P+](=O)O)O[P+](=O)O. The van der Waals surface area contributed by atoms with Crippen molar-refractivity contribution in [2.24, 2.45) is 5.92 Å². The lowest BCUT2D eigenvalue weighted by Crippen LogP contribution is -2.83. The zero-order valence-electron chi connectivity index (χ0n) is 24.6. The second kappa shape index (κ2) is 21.5. The molecule has 0 rings (SSSR count). The van der Waals surface area contributed by atoms with Gasteiger partial charge in [-0.3, -0.25) is 0 Å². The van der Waals surface area contributed by atoms with Crippen LogP contribution in [0.1, 0.15) is 33.6 Å². The summed E-state index contributed by atoms with van der Waals surface area (Å²) in [6, 6.07) is 0. The molecule has 0 saturated carbocycles. The molecule has 51 heavy (non-hydrogen) atoms. The topological polar surface area (TPSA) is 465 Å². The molecule has 0 heterocycles. The molecule has 12 unspecified atom stereocenters. The molecule has 0 aliphatic rings. The summed E-state index contributed by atoms with van der Waals surface area (Å²) in [5, 5.41) is 0. The third-order valence-electron chi connectivity index (χ3n) is 5.69. The molecule has 0 aromatic carbocycles. The highest BCUT2D eigenvalue weighted by Crippen LogP contribution is 2.69. The van der Waals surface area contributed by atoms with Gasteiger partial charge in [-0.05, 0) is 32.8 Å². The molecule has 0 aromatic heterocycles. The van der Waals surface area contributed by atoms with E-state index >= 15 is 0 Å². The van der Waals surface area contributed by atoms with Gasteiger partial charge in [-0.2, -0.15) is 0 Å². The van der Waals surface area contributed by atoms with Crippen LogP contribution in [0.2, 0.25) is 0 Å². The monoisotopic (exact) mass is 946 g/mol. The summed E-state index contributed by atoms with van der Waals surface area (Å²) in [7, 11) is -48.9. The summed E-state index contributed by atoms with van der Waals surface area (Å²) < 4.78 is 168. The molecule has 0 spiro atoms. The number of rotatable bonds is 27. The second-order valence-electron chi connectivity index (χ2n) is 8.49. The largest absolute Gasteiger partial charge is 0.700 e. The van der Waals surface area contributed by atoms with E-state index in [0.717, 1.165) is 6.92 Å². The van der Waals surface area contributed by atoms with Gasteiger partial charge in [-0.1, -0.05) is 47.4 Å². The Bertz CT molecular complexity index is 1340. The van der Waals surface area contributed by atoms with E-state index in [0.29, 0.717) is 0 Å². The first-order chi connectivity index (χ1) is 23.1. The predicted octanol–water partition coefficient (Wildman–Crippen LogP) is 2.59. The standard InChI is InChI=1S/C11H14O30P10/c1-4-5-6(2)7(3,32-42(12)13)8(33-43(14)15,34-44(16)17)9(35-45(18)19,36-46(20)21)10(37-47(22)23,38-48(24)25)11(39-49(26)27,40-50(28)29)41-51(30)31/h6H,4-5H2,1-3H3/p+10. The lowest BCUT2D eigenvalue weighted by Gasteiger charge is -2.46. The summed E-state index contributed by atoms with van der Waals surface area (Å²) in [6.07, 6.45) is -0.736. The van der Waals surface area contributed by atoms with Crippen LogP contribution in [0.15, 0.2) is 0 Å². The normalized spacial score (nSPS) is 21.5. The van der Waals surface area contributed by atoms with Gasteiger partial charge in [0.05, 0.1) is 0 Å². The first kappa shape index (κ1) is 51.2. The Morgan fingerprint density at radius 3 is 0.882 bits per heavy atom. The van der Waals surface area contributed by atoms with Gasteiger partial charge in [0.1, 0.15) is 0 Å². The average Bonchev–Trinajstić information content (AvgIpc) is 2.88. The second-order valence-corrected chi connectivity index (χ2v) is 15.1. The Labute approximate surface area is 290 Å². The quantitative estimate of drug-likeness (QED) is 0.0418. The summed E-state index contributed by atoms with van der Waals surface area (Å²) in [4.78, 5) is 98.8. The molecule has 0 fully saturated rings. The van der Waals surface area contributed by atoms with Crippen LogP contribution in [0, 0.1) is 5.92 Å². The van der Waals surface area contributed by atoms with Crippen molar-refractivity contribution < 1.29 is 140 Å². The van der Waals surface area contributed by atoms with Crippen LogP contribution in [0.5, 0.6) is 0 Å². The molecule has 30 nitrogen and oxygen atoms in total. The van der Waals surface area contributed by atoms with Gasteiger partial charge < -0.3 is 0 Å². The summed E-state index contributed by atoms with van der Waals surface area (Å²) in [5.41, 5.74) is -3.75. The fourth-order valence-corrected chi connectivity index (χ4v) is 9.38. The van der Waals surface area contributed by atoms with E-state index in [1.165, 1.54) is 6.92 Å². The Morgan fingerprint density at radius 2 is 0.647 bits per heavy atom. The van der Waals surface area contributed by atoms with E-state index in [1.54, 1.807) is 0 Å². The highest BCUT2D eigenvalue weighted by atomic mass is 31.2. The molecule has 0 radical (unpaired) electrons. The van der Waals surface area contributed by atoms with Crippen LogP contribution in [0.3, 0.4) is 0 Å². The zero-order valence-corrected chi connectivity index (χ0v) is 33.5. The van der Waals surface area contributed by atoms with Crippen molar-refractivity contribution in [1.82, 2.24) is 0 Å². The minimum absolute atomic E-state index is 0.171. The van der Waals surface area contributed by atoms with Gasteiger partial charge in [0.15, 0.2) is 5.60 Å². The zero-order chi connectivity index (χ0) is 40.3. The van der Waals surface area contributed by atoms with E-state index in [9.17, 15) is 94.6 Å². The van der Waals surface area contributed by atoms with Crippen molar-refractivity contribution in [3.8, 4) is 0 Å². The maximum absolute atomic E-state index is 12.6. The van der Waals surface area contributed by atoms with Gasteiger partial charge >= 0.3 is 106 Å². The number of hydrogen-bond acceptors (Lipinski definition) is 20. The third kappa shape index (κ3) is 12.9. The van der Waals surface area contributed by atoms with Crippen molar-refractivity contribution >= 4 is 82.5 Å². The molecule has 0 aromatic rings. The smallest absolute Gasteiger partial charge is 0.133 e. The van der Waals surface area contributed by atoms with Crippen molar-refractivity contribution in [3.63, 3.8) is 0 Å². The molecular formula is C11H24O30P10+10. The fourth-order valence-electron chi connectivity index (χ4n) is 4.11. The number of hydrogen-bond donors (Lipinski definition) is 10. The maximum Gasteiger partial charge on any atom is 0.700 e. The first-order valence-electron chi connectivity index (χ1n) is 11.7. The molecule has 10 N–H and O–H groups in total. The summed E-state index contributed by atoms with van der Waals surface area (Å²) in [6.45, 7) is 2.40. The van der Waals surface area contributed by atoms with E-state index in [4.69, 9.17) is 4.52 Å². The van der Waals surface area contributed by atoms with Crippen LogP contribution >= 0.6 is 82.5 Å². The highest BCUT2D eigenvalue weighted by Gasteiger charge is 3.03. The minimum atomic E-state index is -5.67. The van der Waals surface area contributed by atoms with E-state index < -0.39 is 124 Å². The molecular weight excluding hydrogens is 922 g/mol. The molecule has 0 saturated heterocycles. The average molecular weight is 946 g/mol. The molecule has 0 bridgehead atoms. The van der Waals surface area contributed by atoms with Crippen molar-refractivity contribution in [1.29, 1.82) is 0 Å². The van der Waals surface area contributed by atoms with Crippen molar-refractivity contribution in [2.75, 3.05) is 0 Å². The first-order valence-corrected chi connectivity index (χ1v) is 23.0. The Hall–Kier alpha value is 0.200. The molecule has 0 aliphatic carbocycles. The molecule has 288 valence electrons. The fraction of sp³-hybridized carbons (Fsp3) is 1.00. The molecule has 12 atom stereocenters. The van der Waals surface area contributed by atoms with E-state index in [2.05, 4.69) is 40.7 Å². The lowest BCUT2D eigenvalue weighted by molar-refractivity contribution is -0.503. The maximum atomic E-state index is 12.6. The van der Waals surface area contributed by atoms with Gasteiger partial charge in [0, 0.05) is 45.7 Å². The van der Waals surface area contributed by atoms with Gasteiger partial charge in [0.25, 0.3) is 0 Å². The van der Waals surface area contributed by atoms with Crippen LogP contribution in [-0.4, -0.2) is 77.9 Å². The van der Waals surface area contributed by atoms with E-state index in [-0.39, 0.29) is 13.3 Å². The van der Waals surface area contributed by atoms with Crippen LogP contribution in [0.4, 0.5) is 0 Å². The third-order valence-corrected chi connectivity index (χ3v) is 9.89. The molecule has 40 heteroatoms. The predicted molar refractivity (Wildman–Crippen MR) is 153 cm³/mol. The lowest BCUT2D eigenvalue weighted by atomic mass is 9.74. The Balaban J connectivity index is 10.3. The van der Waals surface area contributed by atoms with Gasteiger partial charge in [0.2, 0.25) is 0 Å². The Morgan fingerprint density at radius 1 is 0.412 bits per heavy atom. The van der Waals surface area contributed by atoms with E-state index in [1.807, 2.05) is 0 Å².